The van der Waals surface area contributed by atoms with Crippen molar-refractivity contribution in [3.05, 3.63) is 84.1 Å². The number of aliphatic hydroxyl groups excluding tert-OH is 1. The van der Waals surface area contributed by atoms with Gasteiger partial charge in [-0.15, -0.1) is 0 Å². The molecule has 2 heterocycles. The molecule has 0 saturated heterocycles. The molecule has 8 nitrogen and oxygen atoms in total. The minimum absolute atomic E-state index is 0.108. The van der Waals surface area contributed by atoms with E-state index in [1.807, 2.05) is 26.0 Å². The molecule has 1 aliphatic carbocycles. The third-order valence-corrected chi connectivity index (χ3v) is 5.81. The maximum absolute atomic E-state index is 13.7. The highest BCUT2D eigenvalue weighted by molar-refractivity contribution is 5.95. The van der Waals surface area contributed by atoms with Crippen LogP contribution >= 0.6 is 0 Å². The fraction of sp³-hybridized carbons (Fsp3) is 0.240. The highest BCUT2D eigenvalue weighted by atomic mass is 19.1. The van der Waals surface area contributed by atoms with Crippen LogP contribution in [0, 0.1) is 12.7 Å². The summed E-state index contributed by atoms with van der Waals surface area (Å²) in [5, 5.41) is 16.4. The average molecular weight is 464 g/mol. The lowest BCUT2D eigenvalue weighted by molar-refractivity contribution is 0.0789. The number of aryl methyl sites for hydroxylation is 1. The summed E-state index contributed by atoms with van der Waals surface area (Å²) in [6, 6.07) is 6.06. The van der Waals surface area contributed by atoms with E-state index < -0.39 is 17.5 Å². The molecule has 1 aliphatic rings. The SMILES string of the molecule is CCC1(NC(=O)c2ccn(-c3nc(Nc4ccc(F)c(OC)c4)ncc3C)c2)C=CC=CC1O. The van der Waals surface area contributed by atoms with Crippen molar-refractivity contribution < 1.29 is 19.0 Å². The molecule has 1 aromatic carbocycles. The van der Waals surface area contributed by atoms with Crippen molar-refractivity contribution in [2.24, 2.45) is 0 Å². The molecule has 1 amide bonds. The van der Waals surface area contributed by atoms with Gasteiger partial charge in [-0.2, -0.15) is 4.98 Å². The normalized spacial score (nSPS) is 19.1. The third-order valence-electron chi connectivity index (χ3n) is 5.81. The highest BCUT2D eigenvalue weighted by Gasteiger charge is 2.35. The zero-order valence-corrected chi connectivity index (χ0v) is 19.1. The van der Waals surface area contributed by atoms with Crippen LogP contribution in [0.5, 0.6) is 5.75 Å². The first kappa shape index (κ1) is 23.2. The molecule has 176 valence electrons. The van der Waals surface area contributed by atoms with Gasteiger partial charge in [0.25, 0.3) is 5.91 Å². The number of amides is 1. The lowest BCUT2D eigenvalue weighted by Gasteiger charge is -2.35. The Morgan fingerprint density at radius 2 is 2.15 bits per heavy atom. The van der Waals surface area contributed by atoms with Gasteiger partial charge >= 0.3 is 0 Å². The maximum atomic E-state index is 13.7. The summed E-state index contributed by atoms with van der Waals surface area (Å²) in [5.74, 6) is 0.228. The van der Waals surface area contributed by atoms with E-state index in [1.54, 1.807) is 47.4 Å². The molecular weight excluding hydrogens is 437 g/mol. The van der Waals surface area contributed by atoms with Gasteiger partial charge in [-0.05, 0) is 31.5 Å². The molecule has 0 fully saturated rings. The van der Waals surface area contributed by atoms with Crippen LogP contribution < -0.4 is 15.4 Å². The van der Waals surface area contributed by atoms with E-state index in [0.29, 0.717) is 29.4 Å². The van der Waals surface area contributed by atoms with E-state index in [1.165, 1.54) is 19.2 Å². The second kappa shape index (κ2) is 9.48. The van der Waals surface area contributed by atoms with Gasteiger partial charge in [0.15, 0.2) is 11.6 Å². The van der Waals surface area contributed by atoms with Gasteiger partial charge in [-0.1, -0.05) is 31.2 Å². The van der Waals surface area contributed by atoms with Crippen molar-refractivity contribution in [2.45, 2.75) is 31.9 Å². The first-order chi connectivity index (χ1) is 16.3. The number of hydrogen-bond acceptors (Lipinski definition) is 6. The number of aliphatic hydroxyl groups is 1. The zero-order valence-electron chi connectivity index (χ0n) is 19.1. The third kappa shape index (κ3) is 4.55. The van der Waals surface area contributed by atoms with Crippen LogP contribution in [0.2, 0.25) is 0 Å². The van der Waals surface area contributed by atoms with E-state index in [9.17, 15) is 14.3 Å². The molecule has 2 atom stereocenters. The molecule has 3 N–H and O–H groups in total. The largest absolute Gasteiger partial charge is 0.494 e. The van der Waals surface area contributed by atoms with Crippen LogP contribution in [-0.2, 0) is 0 Å². The number of aromatic nitrogens is 3. The molecule has 34 heavy (non-hydrogen) atoms. The minimum atomic E-state index is -0.855. The molecule has 4 rings (SSSR count). The van der Waals surface area contributed by atoms with Gasteiger partial charge < -0.3 is 25.0 Å². The molecule has 0 aliphatic heterocycles. The molecule has 0 saturated carbocycles. The standard InChI is InChI=1S/C25H26FN5O3/c1-4-25(11-6-5-7-21(25)32)30-23(33)17-10-12-31(15-17)22-16(2)14-27-24(29-22)28-18-8-9-19(26)20(13-18)34-3/h5-15,21,32H,4H2,1-3H3,(H,30,33)(H,27,28,29). The first-order valence-corrected chi connectivity index (χ1v) is 10.8. The second-order valence-electron chi connectivity index (χ2n) is 8.02. The number of hydrogen-bond donors (Lipinski definition) is 3. The number of ether oxygens (including phenoxy) is 1. The van der Waals surface area contributed by atoms with Crippen molar-refractivity contribution in [1.82, 2.24) is 19.9 Å². The number of halogens is 1. The number of rotatable bonds is 7. The van der Waals surface area contributed by atoms with Crippen LogP contribution in [0.3, 0.4) is 0 Å². The smallest absolute Gasteiger partial charge is 0.253 e. The fourth-order valence-corrected chi connectivity index (χ4v) is 3.77. The summed E-state index contributed by atoms with van der Waals surface area (Å²) in [6.07, 6.45) is 11.8. The van der Waals surface area contributed by atoms with E-state index in [0.717, 1.165) is 5.56 Å². The topological polar surface area (TPSA) is 101 Å². The van der Waals surface area contributed by atoms with E-state index in [-0.39, 0.29) is 11.7 Å². The van der Waals surface area contributed by atoms with Crippen LogP contribution in [-0.4, -0.2) is 44.3 Å². The van der Waals surface area contributed by atoms with Crippen molar-refractivity contribution >= 4 is 17.5 Å². The van der Waals surface area contributed by atoms with Gasteiger partial charge in [0.05, 0.1) is 24.3 Å². The number of carbonyl (C=O) groups is 1. The summed E-state index contributed by atoms with van der Waals surface area (Å²) >= 11 is 0. The number of carbonyl (C=O) groups excluding carboxylic acids is 1. The lowest BCUT2D eigenvalue weighted by atomic mass is 9.85. The Morgan fingerprint density at radius 3 is 2.88 bits per heavy atom. The monoisotopic (exact) mass is 463 g/mol. The van der Waals surface area contributed by atoms with Crippen molar-refractivity contribution in [2.75, 3.05) is 12.4 Å². The summed E-state index contributed by atoms with van der Waals surface area (Å²) in [6.45, 7) is 3.77. The van der Waals surface area contributed by atoms with Crippen molar-refractivity contribution in [3.63, 3.8) is 0 Å². The molecule has 9 heteroatoms. The number of benzene rings is 1. The van der Waals surface area contributed by atoms with E-state index >= 15 is 0 Å². The molecule has 0 radical (unpaired) electrons. The zero-order chi connectivity index (χ0) is 24.3. The van der Waals surface area contributed by atoms with Crippen LogP contribution in [0.4, 0.5) is 16.0 Å². The Kier molecular flexibility index (Phi) is 6.47. The predicted octanol–water partition coefficient (Wildman–Crippen LogP) is 3.83. The van der Waals surface area contributed by atoms with Crippen molar-refractivity contribution in [1.29, 1.82) is 0 Å². The van der Waals surface area contributed by atoms with Gasteiger partial charge in [0, 0.05) is 35.9 Å². The summed E-state index contributed by atoms with van der Waals surface area (Å²) in [5.41, 5.74) is 0.939. The number of nitrogens with zero attached hydrogens (tertiary/aromatic N) is 3. The van der Waals surface area contributed by atoms with E-state index in [2.05, 4.69) is 20.6 Å². The Labute approximate surface area is 196 Å². The Bertz CT molecular complexity index is 1270. The van der Waals surface area contributed by atoms with Gasteiger partial charge in [0.1, 0.15) is 5.82 Å². The molecule has 0 spiro atoms. The fourth-order valence-electron chi connectivity index (χ4n) is 3.77. The number of allylic oxidation sites excluding steroid dienone is 2. The van der Waals surface area contributed by atoms with Crippen LogP contribution in [0.25, 0.3) is 5.82 Å². The quantitative estimate of drug-likeness (QED) is 0.492. The Hall–Kier alpha value is -3.98. The number of nitrogens with one attached hydrogen (secondary N) is 2. The lowest BCUT2D eigenvalue weighted by Crippen LogP contribution is -2.55. The minimum Gasteiger partial charge on any atom is -0.494 e. The number of anilines is 2. The van der Waals surface area contributed by atoms with Crippen molar-refractivity contribution in [3.8, 4) is 11.6 Å². The van der Waals surface area contributed by atoms with Crippen LogP contribution in [0.1, 0.15) is 29.3 Å². The van der Waals surface area contributed by atoms with Gasteiger partial charge in [-0.3, -0.25) is 4.79 Å². The highest BCUT2D eigenvalue weighted by Crippen LogP contribution is 2.25. The second-order valence-corrected chi connectivity index (χ2v) is 8.02. The molecule has 3 aromatic rings. The predicted molar refractivity (Wildman–Crippen MR) is 127 cm³/mol. The summed E-state index contributed by atoms with van der Waals surface area (Å²) in [7, 11) is 1.40. The summed E-state index contributed by atoms with van der Waals surface area (Å²) < 4.78 is 20.4. The molecular formula is C25H26FN5O3. The molecule has 2 aromatic heterocycles. The summed E-state index contributed by atoms with van der Waals surface area (Å²) in [4.78, 5) is 21.8. The Balaban J connectivity index is 1.55. The van der Waals surface area contributed by atoms with E-state index in [4.69, 9.17) is 4.74 Å². The number of methoxy groups -OCH3 is 1. The molecule has 2 unspecified atom stereocenters. The Morgan fingerprint density at radius 1 is 1.32 bits per heavy atom. The van der Waals surface area contributed by atoms with Gasteiger partial charge in [-0.25, -0.2) is 9.37 Å². The first-order valence-electron chi connectivity index (χ1n) is 10.8. The van der Waals surface area contributed by atoms with Crippen LogP contribution in [0.15, 0.2) is 67.2 Å². The molecule has 0 bridgehead atoms. The maximum Gasteiger partial charge on any atom is 0.253 e. The average Bonchev–Trinajstić information content (AvgIpc) is 3.33. The van der Waals surface area contributed by atoms with Gasteiger partial charge in [0.2, 0.25) is 5.95 Å².